The first kappa shape index (κ1) is 21.6. The van der Waals surface area contributed by atoms with E-state index in [-0.39, 0.29) is 29.4 Å². The quantitative estimate of drug-likeness (QED) is 0.603. The second-order valence-electron chi connectivity index (χ2n) is 8.06. The molecule has 0 aromatic heterocycles. The lowest BCUT2D eigenvalue weighted by molar-refractivity contribution is -0.0939. The minimum absolute atomic E-state index is 0.0670. The Hall–Kier alpha value is -1.67. The molecule has 2 bridgehead atoms. The summed E-state index contributed by atoms with van der Waals surface area (Å²) in [6.45, 7) is -0.208. The highest BCUT2D eigenvalue weighted by Crippen LogP contribution is 2.53. The van der Waals surface area contributed by atoms with E-state index < -0.39 is 23.1 Å². The average molecular weight is 454 g/mol. The van der Waals surface area contributed by atoms with Gasteiger partial charge < -0.3 is 15.5 Å². The van der Waals surface area contributed by atoms with E-state index in [4.69, 9.17) is 11.6 Å². The van der Waals surface area contributed by atoms with Crippen LogP contribution in [-0.4, -0.2) is 33.6 Å². The number of carbonyl (C=O) groups excluding carboxylic acids is 1. The summed E-state index contributed by atoms with van der Waals surface area (Å²) in [5.41, 5.74) is -0.458. The molecular formula is C22H22ClF2NO3S. The van der Waals surface area contributed by atoms with Crippen molar-refractivity contribution in [2.45, 2.75) is 41.4 Å². The number of benzene rings is 2. The number of thioether (sulfide) groups is 1. The summed E-state index contributed by atoms with van der Waals surface area (Å²) < 4.78 is 26.5. The minimum Gasteiger partial charge on any atom is -0.393 e. The third-order valence-electron chi connectivity index (χ3n) is 6.29. The standard InChI is InChI=1S/C22H22ClF2NO3S/c23-17-5-1-12(21(28)26-15-4-6-18(24)19(25)10-15)7-20(17)30-16-8-13-2-3-14(9-16)22(13,29)11-27/h1,4-7,10,13-14,16,27,29H,2-3,8-9,11H2,(H,26,28)/t13-,14?,16-,22+/m0/s1. The van der Waals surface area contributed by atoms with E-state index >= 15 is 0 Å². The van der Waals surface area contributed by atoms with Gasteiger partial charge in [0, 0.05) is 27.5 Å². The molecule has 0 spiro atoms. The van der Waals surface area contributed by atoms with Crippen molar-refractivity contribution in [3.05, 3.63) is 58.6 Å². The highest BCUT2D eigenvalue weighted by molar-refractivity contribution is 8.00. The number of amides is 1. The number of rotatable bonds is 5. The lowest BCUT2D eigenvalue weighted by Crippen LogP contribution is -2.48. The summed E-state index contributed by atoms with van der Waals surface area (Å²) in [6, 6.07) is 8.10. The van der Waals surface area contributed by atoms with Crippen molar-refractivity contribution in [2.75, 3.05) is 11.9 Å². The number of anilines is 1. The van der Waals surface area contributed by atoms with Gasteiger partial charge in [0.05, 0.1) is 17.2 Å². The second kappa shape index (κ2) is 8.46. The van der Waals surface area contributed by atoms with Crippen LogP contribution in [0.25, 0.3) is 0 Å². The number of halogens is 3. The lowest BCUT2D eigenvalue weighted by atomic mass is 9.75. The van der Waals surface area contributed by atoms with Gasteiger partial charge >= 0.3 is 0 Å². The van der Waals surface area contributed by atoms with Crippen molar-refractivity contribution in [1.29, 1.82) is 0 Å². The molecule has 8 heteroatoms. The molecule has 4 rings (SSSR count). The zero-order valence-corrected chi connectivity index (χ0v) is 17.6. The predicted molar refractivity (Wildman–Crippen MR) is 113 cm³/mol. The van der Waals surface area contributed by atoms with Crippen LogP contribution >= 0.6 is 23.4 Å². The van der Waals surface area contributed by atoms with Crippen molar-refractivity contribution in [3.8, 4) is 0 Å². The summed E-state index contributed by atoms with van der Waals surface area (Å²) >= 11 is 7.93. The predicted octanol–water partition coefficient (Wildman–Crippen LogP) is 4.87. The van der Waals surface area contributed by atoms with E-state index in [1.54, 1.807) is 30.0 Å². The van der Waals surface area contributed by atoms with Crippen LogP contribution in [0.15, 0.2) is 41.3 Å². The molecule has 1 amide bonds. The monoisotopic (exact) mass is 453 g/mol. The number of carbonyl (C=O) groups is 1. The number of fused-ring (bicyclic) bond motifs is 2. The third kappa shape index (κ3) is 4.08. The Kier molecular flexibility index (Phi) is 6.08. The molecule has 2 saturated carbocycles. The van der Waals surface area contributed by atoms with Crippen LogP contribution in [-0.2, 0) is 0 Å². The third-order valence-corrected chi connectivity index (χ3v) is 8.04. The van der Waals surface area contributed by atoms with Crippen LogP contribution < -0.4 is 5.32 Å². The van der Waals surface area contributed by atoms with E-state index in [0.717, 1.165) is 42.7 Å². The van der Waals surface area contributed by atoms with Gasteiger partial charge in [0.2, 0.25) is 0 Å². The summed E-state index contributed by atoms with van der Waals surface area (Å²) in [4.78, 5) is 13.3. The van der Waals surface area contributed by atoms with Crippen LogP contribution in [0.3, 0.4) is 0 Å². The number of hydrogen-bond acceptors (Lipinski definition) is 4. The summed E-state index contributed by atoms with van der Waals surface area (Å²) in [6.07, 6.45) is 3.37. The van der Waals surface area contributed by atoms with Gasteiger partial charge in [-0.25, -0.2) is 8.78 Å². The van der Waals surface area contributed by atoms with Gasteiger partial charge in [-0.05, 0) is 67.9 Å². The molecule has 0 radical (unpaired) electrons. The Bertz CT molecular complexity index is 959. The Morgan fingerprint density at radius 1 is 1.13 bits per heavy atom. The zero-order chi connectivity index (χ0) is 21.5. The minimum atomic E-state index is -1.03. The molecule has 4 nitrogen and oxygen atoms in total. The molecule has 1 unspecified atom stereocenters. The van der Waals surface area contributed by atoms with E-state index in [9.17, 15) is 23.8 Å². The molecule has 2 aromatic rings. The van der Waals surface area contributed by atoms with Crippen molar-refractivity contribution >= 4 is 35.0 Å². The van der Waals surface area contributed by atoms with Gasteiger partial charge in [0.15, 0.2) is 11.6 Å². The van der Waals surface area contributed by atoms with Crippen LogP contribution in [0.4, 0.5) is 14.5 Å². The topological polar surface area (TPSA) is 69.6 Å². The maximum atomic E-state index is 13.4. The first-order valence-electron chi connectivity index (χ1n) is 9.86. The van der Waals surface area contributed by atoms with Crippen molar-refractivity contribution in [3.63, 3.8) is 0 Å². The molecule has 4 atom stereocenters. The SMILES string of the molecule is O=C(Nc1ccc(F)c(F)c1)c1ccc(Cl)c(S[C@@H]2CC3CC[C@@H](C2)[C@]3(O)CO)c1. The highest BCUT2D eigenvalue weighted by Gasteiger charge is 2.53. The van der Waals surface area contributed by atoms with E-state index in [1.165, 1.54) is 6.07 Å². The number of aliphatic hydroxyl groups excluding tert-OH is 1. The van der Waals surface area contributed by atoms with E-state index in [2.05, 4.69) is 5.32 Å². The van der Waals surface area contributed by atoms with Gasteiger partial charge in [0.25, 0.3) is 5.91 Å². The maximum Gasteiger partial charge on any atom is 0.255 e. The van der Waals surface area contributed by atoms with Gasteiger partial charge in [0.1, 0.15) is 0 Å². The molecule has 2 aliphatic rings. The smallest absolute Gasteiger partial charge is 0.255 e. The Morgan fingerprint density at radius 3 is 2.47 bits per heavy atom. The molecule has 0 heterocycles. The first-order valence-corrected chi connectivity index (χ1v) is 11.1. The average Bonchev–Trinajstić information content (AvgIpc) is 2.89. The molecular weight excluding hydrogens is 432 g/mol. The summed E-state index contributed by atoms with van der Waals surface area (Å²) in [5.74, 6) is -2.32. The van der Waals surface area contributed by atoms with Crippen LogP contribution in [0.5, 0.6) is 0 Å². The molecule has 2 fully saturated rings. The largest absolute Gasteiger partial charge is 0.393 e. The van der Waals surface area contributed by atoms with Crippen LogP contribution in [0.1, 0.15) is 36.0 Å². The molecule has 3 N–H and O–H groups in total. The van der Waals surface area contributed by atoms with Crippen LogP contribution in [0.2, 0.25) is 5.02 Å². The van der Waals surface area contributed by atoms with Gasteiger partial charge in [-0.3, -0.25) is 4.79 Å². The number of aliphatic hydroxyl groups is 2. The zero-order valence-electron chi connectivity index (χ0n) is 16.1. The van der Waals surface area contributed by atoms with E-state index in [0.29, 0.717) is 10.6 Å². The molecule has 0 aliphatic heterocycles. The summed E-state index contributed by atoms with van der Waals surface area (Å²) in [7, 11) is 0. The fourth-order valence-electron chi connectivity index (χ4n) is 4.66. The fourth-order valence-corrected chi connectivity index (χ4v) is 6.30. The highest BCUT2D eigenvalue weighted by atomic mass is 35.5. The Morgan fingerprint density at radius 2 is 1.83 bits per heavy atom. The van der Waals surface area contributed by atoms with Gasteiger partial charge in [-0.1, -0.05) is 11.6 Å². The maximum absolute atomic E-state index is 13.4. The molecule has 160 valence electrons. The Balaban J connectivity index is 1.47. The number of hydrogen-bond donors (Lipinski definition) is 3. The van der Waals surface area contributed by atoms with Crippen molar-refractivity contribution < 1.29 is 23.8 Å². The lowest BCUT2D eigenvalue weighted by Gasteiger charge is -2.41. The second-order valence-corrected chi connectivity index (χ2v) is 9.81. The number of nitrogens with one attached hydrogen (secondary N) is 1. The van der Waals surface area contributed by atoms with Crippen LogP contribution in [0, 0.1) is 23.5 Å². The Labute approximate surface area is 182 Å². The van der Waals surface area contributed by atoms with Crippen molar-refractivity contribution in [2.24, 2.45) is 11.8 Å². The van der Waals surface area contributed by atoms with Gasteiger partial charge in [-0.15, -0.1) is 11.8 Å². The van der Waals surface area contributed by atoms with Gasteiger partial charge in [-0.2, -0.15) is 0 Å². The van der Waals surface area contributed by atoms with Crippen molar-refractivity contribution in [1.82, 2.24) is 0 Å². The fraction of sp³-hybridized carbons (Fsp3) is 0.409. The molecule has 30 heavy (non-hydrogen) atoms. The molecule has 2 aromatic carbocycles. The first-order chi connectivity index (χ1) is 14.3. The molecule has 2 aliphatic carbocycles. The van der Waals surface area contributed by atoms with E-state index in [1.807, 2.05) is 0 Å². The molecule has 0 saturated heterocycles. The summed E-state index contributed by atoms with van der Waals surface area (Å²) in [5, 5.41) is 23.7. The normalized spacial score (nSPS) is 27.8.